The van der Waals surface area contributed by atoms with Crippen molar-refractivity contribution in [1.82, 2.24) is 10.6 Å². The van der Waals surface area contributed by atoms with Gasteiger partial charge in [0.25, 0.3) is 0 Å². The number of rotatable bonds is 6. The van der Waals surface area contributed by atoms with Crippen molar-refractivity contribution >= 4 is 40.1 Å². The molecule has 2 aliphatic rings. The smallest absolute Gasteiger partial charge is 0.397 e. The van der Waals surface area contributed by atoms with E-state index in [4.69, 9.17) is 18.9 Å². The Morgan fingerprint density at radius 1 is 1.02 bits per heavy atom. The Hall–Kier alpha value is -3.64. The Balaban J connectivity index is 1.45. The molecular formula is C28H35N3O8S. The number of amides is 2. The number of thiophene rings is 1. The molecule has 0 saturated carbocycles. The van der Waals surface area contributed by atoms with Gasteiger partial charge in [0.05, 0.1) is 12.0 Å². The van der Waals surface area contributed by atoms with E-state index < -0.39 is 29.0 Å². The number of carbonyl (C=O) groups is 4. The van der Waals surface area contributed by atoms with E-state index in [1.807, 2.05) is 6.07 Å². The average Bonchev–Trinajstić information content (AvgIpc) is 3.44. The van der Waals surface area contributed by atoms with Crippen molar-refractivity contribution in [3.05, 3.63) is 39.8 Å². The second-order valence-electron chi connectivity index (χ2n) is 11.6. The van der Waals surface area contributed by atoms with E-state index in [1.54, 1.807) is 53.7 Å². The molecule has 1 unspecified atom stereocenters. The standard InChI is InChI=1S/C28H35N3O8S/c1-27(2,3)38-25(34)22-17-11-16(12-30-21(32)10-15-7-8-18-19(9-15)37-14-36-18)29-13-20(17)40-24(22)31-23(33)26(35)39-28(4,5)6/h7-9,16,29H,10-14H2,1-6H3,(H,30,32)(H,31,33). The fourth-order valence-corrected chi connectivity index (χ4v) is 5.38. The van der Waals surface area contributed by atoms with Crippen molar-refractivity contribution < 1.29 is 38.1 Å². The monoisotopic (exact) mass is 573 g/mol. The molecular weight excluding hydrogens is 538 g/mol. The van der Waals surface area contributed by atoms with Gasteiger partial charge in [0.15, 0.2) is 11.5 Å². The summed E-state index contributed by atoms with van der Waals surface area (Å²) in [7, 11) is 0. The normalized spacial score (nSPS) is 16.1. The van der Waals surface area contributed by atoms with E-state index >= 15 is 0 Å². The van der Waals surface area contributed by atoms with Crippen molar-refractivity contribution in [2.75, 3.05) is 18.7 Å². The lowest BCUT2D eigenvalue weighted by atomic mass is 9.97. The van der Waals surface area contributed by atoms with Crippen LogP contribution in [0.25, 0.3) is 0 Å². The number of anilines is 1. The molecule has 4 rings (SSSR count). The highest BCUT2D eigenvalue weighted by molar-refractivity contribution is 7.17. The van der Waals surface area contributed by atoms with Gasteiger partial charge >= 0.3 is 17.8 Å². The van der Waals surface area contributed by atoms with Crippen LogP contribution >= 0.6 is 11.3 Å². The second-order valence-corrected chi connectivity index (χ2v) is 12.7. The van der Waals surface area contributed by atoms with E-state index in [-0.39, 0.29) is 35.7 Å². The molecule has 0 aliphatic carbocycles. The first-order valence-corrected chi connectivity index (χ1v) is 13.8. The average molecular weight is 574 g/mol. The molecule has 0 saturated heterocycles. The SMILES string of the molecule is CC(C)(C)OC(=O)C(=O)Nc1sc2c(c1C(=O)OC(C)(C)C)CC(CNC(=O)Cc1ccc3c(c1)OCO3)NC2. The molecule has 11 nitrogen and oxygen atoms in total. The summed E-state index contributed by atoms with van der Waals surface area (Å²) in [6.45, 7) is 11.1. The van der Waals surface area contributed by atoms with Gasteiger partial charge in [-0.3, -0.25) is 9.59 Å². The maximum atomic E-state index is 13.3. The van der Waals surface area contributed by atoms with Gasteiger partial charge in [0.1, 0.15) is 16.2 Å². The number of esters is 2. The predicted molar refractivity (Wildman–Crippen MR) is 148 cm³/mol. The van der Waals surface area contributed by atoms with Crippen LogP contribution in [0.1, 0.15) is 67.9 Å². The lowest BCUT2D eigenvalue weighted by Crippen LogP contribution is -2.44. The van der Waals surface area contributed by atoms with Gasteiger partial charge in [-0.15, -0.1) is 11.3 Å². The molecule has 0 fully saturated rings. The van der Waals surface area contributed by atoms with Crippen LogP contribution in [0, 0.1) is 0 Å². The zero-order chi connectivity index (χ0) is 29.2. The van der Waals surface area contributed by atoms with Gasteiger partial charge in [-0.25, -0.2) is 9.59 Å². The van der Waals surface area contributed by atoms with Crippen LogP contribution in [-0.2, 0) is 43.2 Å². The molecule has 3 heterocycles. The zero-order valence-electron chi connectivity index (χ0n) is 23.5. The molecule has 3 N–H and O–H groups in total. The fourth-order valence-electron chi connectivity index (χ4n) is 4.22. The third-order valence-corrected chi connectivity index (χ3v) is 7.00. The van der Waals surface area contributed by atoms with Gasteiger partial charge < -0.3 is 34.9 Å². The van der Waals surface area contributed by atoms with Crippen LogP contribution < -0.4 is 25.4 Å². The van der Waals surface area contributed by atoms with E-state index in [1.165, 1.54) is 11.3 Å². The first kappa shape index (κ1) is 29.3. The maximum Gasteiger partial charge on any atom is 0.397 e. The van der Waals surface area contributed by atoms with Crippen molar-refractivity contribution in [3.63, 3.8) is 0 Å². The topological polar surface area (TPSA) is 141 Å². The molecule has 0 bridgehead atoms. The minimum Gasteiger partial charge on any atom is -0.456 e. The number of nitrogens with one attached hydrogen (secondary N) is 3. The van der Waals surface area contributed by atoms with E-state index in [2.05, 4.69) is 16.0 Å². The van der Waals surface area contributed by atoms with Crippen LogP contribution in [0.4, 0.5) is 5.00 Å². The summed E-state index contributed by atoms with van der Waals surface area (Å²) in [5, 5.41) is 9.09. The van der Waals surface area contributed by atoms with Gasteiger partial charge in [-0.1, -0.05) is 6.07 Å². The summed E-state index contributed by atoms with van der Waals surface area (Å²) in [6, 6.07) is 5.23. The number of benzene rings is 1. The Morgan fingerprint density at radius 2 is 1.73 bits per heavy atom. The number of fused-ring (bicyclic) bond motifs is 2. The zero-order valence-corrected chi connectivity index (χ0v) is 24.3. The quantitative estimate of drug-likeness (QED) is 0.351. The summed E-state index contributed by atoms with van der Waals surface area (Å²) in [5.41, 5.74) is 0.114. The third-order valence-electron chi connectivity index (χ3n) is 5.85. The lowest BCUT2D eigenvalue weighted by molar-refractivity contribution is -0.161. The molecule has 1 atom stereocenters. The molecule has 40 heavy (non-hydrogen) atoms. The Kier molecular flexibility index (Phi) is 8.41. The summed E-state index contributed by atoms with van der Waals surface area (Å²) < 4.78 is 21.5. The lowest BCUT2D eigenvalue weighted by Gasteiger charge is -2.26. The minimum absolute atomic E-state index is 0.158. The van der Waals surface area contributed by atoms with E-state index in [0.29, 0.717) is 36.6 Å². The van der Waals surface area contributed by atoms with Gasteiger partial charge in [-0.2, -0.15) is 0 Å². The molecule has 2 aromatic rings. The first-order chi connectivity index (χ1) is 18.7. The van der Waals surface area contributed by atoms with Crippen LogP contribution in [0.3, 0.4) is 0 Å². The molecule has 216 valence electrons. The molecule has 0 radical (unpaired) electrons. The van der Waals surface area contributed by atoms with E-state index in [0.717, 1.165) is 10.4 Å². The number of carbonyl (C=O) groups excluding carboxylic acids is 4. The second kappa shape index (κ2) is 11.5. The molecule has 0 spiro atoms. The maximum absolute atomic E-state index is 13.3. The van der Waals surface area contributed by atoms with Crippen molar-refractivity contribution in [2.24, 2.45) is 0 Å². The summed E-state index contributed by atoms with van der Waals surface area (Å²) in [4.78, 5) is 51.6. The van der Waals surface area contributed by atoms with Crippen molar-refractivity contribution in [2.45, 2.75) is 78.2 Å². The molecule has 2 aliphatic heterocycles. The highest BCUT2D eigenvalue weighted by Crippen LogP contribution is 2.38. The summed E-state index contributed by atoms with van der Waals surface area (Å²) in [6.07, 6.45) is 0.587. The van der Waals surface area contributed by atoms with Crippen LogP contribution in [0.15, 0.2) is 18.2 Å². The predicted octanol–water partition coefficient (Wildman–Crippen LogP) is 3.09. The largest absolute Gasteiger partial charge is 0.456 e. The van der Waals surface area contributed by atoms with Gasteiger partial charge in [0.2, 0.25) is 12.7 Å². The van der Waals surface area contributed by atoms with Crippen molar-refractivity contribution in [1.29, 1.82) is 0 Å². The number of hydrogen-bond donors (Lipinski definition) is 3. The van der Waals surface area contributed by atoms with Crippen LogP contribution in [0.5, 0.6) is 11.5 Å². The first-order valence-electron chi connectivity index (χ1n) is 13.0. The Morgan fingerprint density at radius 3 is 2.42 bits per heavy atom. The summed E-state index contributed by atoms with van der Waals surface area (Å²) >= 11 is 1.21. The fraction of sp³-hybridized carbons (Fsp3) is 0.500. The molecule has 1 aromatic heterocycles. The van der Waals surface area contributed by atoms with Crippen molar-refractivity contribution in [3.8, 4) is 11.5 Å². The van der Waals surface area contributed by atoms with Crippen LogP contribution in [-0.4, -0.2) is 54.3 Å². The van der Waals surface area contributed by atoms with Gasteiger partial charge in [-0.05, 0) is 71.2 Å². The number of ether oxygens (including phenoxy) is 4. The highest BCUT2D eigenvalue weighted by atomic mass is 32.1. The minimum atomic E-state index is -1.05. The van der Waals surface area contributed by atoms with E-state index in [9.17, 15) is 19.2 Å². The molecule has 1 aromatic carbocycles. The van der Waals surface area contributed by atoms with Gasteiger partial charge in [0, 0.05) is 24.0 Å². The Labute approximate surface area is 236 Å². The number of hydrogen-bond acceptors (Lipinski definition) is 10. The molecule has 12 heteroatoms. The Bertz CT molecular complexity index is 1320. The third kappa shape index (κ3) is 7.51. The van der Waals surface area contributed by atoms with Crippen LogP contribution in [0.2, 0.25) is 0 Å². The summed E-state index contributed by atoms with van der Waals surface area (Å²) in [5.74, 6) is -1.50. The highest BCUT2D eigenvalue weighted by Gasteiger charge is 2.33. The molecule has 2 amide bonds.